The molecule has 2 aromatic carbocycles. The Morgan fingerprint density at radius 1 is 1.21 bits per heavy atom. The van der Waals surface area contributed by atoms with Gasteiger partial charge in [0.25, 0.3) is 5.91 Å². The summed E-state index contributed by atoms with van der Waals surface area (Å²) < 4.78 is 4.88. The van der Waals surface area contributed by atoms with Gasteiger partial charge >= 0.3 is 5.97 Å². The zero-order chi connectivity index (χ0) is 20.4. The number of ether oxygens (including phenoxy) is 1. The van der Waals surface area contributed by atoms with Gasteiger partial charge in [0.15, 0.2) is 6.10 Å². The fourth-order valence-electron chi connectivity index (χ4n) is 3.81. The van der Waals surface area contributed by atoms with E-state index < -0.39 is 12.1 Å². The second kappa shape index (κ2) is 8.02. The van der Waals surface area contributed by atoms with Crippen molar-refractivity contribution in [2.75, 3.05) is 13.2 Å². The van der Waals surface area contributed by atoms with Crippen LogP contribution in [0, 0.1) is 13.8 Å². The molecule has 6 nitrogen and oxygen atoms in total. The first-order valence-corrected chi connectivity index (χ1v) is 9.39. The molecule has 0 spiro atoms. The Morgan fingerprint density at radius 3 is 2.54 bits per heavy atom. The van der Waals surface area contributed by atoms with Gasteiger partial charge in [0.05, 0.1) is 6.61 Å². The van der Waals surface area contributed by atoms with Crippen molar-refractivity contribution in [3.05, 3.63) is 63.7 Å². The number of fused-ring (bicyclic) bond motifs is 1. The zero-order valence-corrected chi connectivity index (χ0v) is 16.4. The van der Waals surface area contributed by atoms with Gasteiger partial charge in [-0.05, 0) is 49.4 Å². The lowest BCUT2D eigenvalue weighted by Crippen LogP contribution is -2.38. The molecule has 0 saturated carbocycles. The Morgan fingerprint density at radius 2 is 1.89 bits per heavy atom. The zero-order valence-electron chi connectivity index (χ0n) is 16.4. The second-order valence-corrected chi connectivity index (χ2v) is 6.98. The molecule has 6 heteroatoms. The number of aliphatic hydroxyl groups excluding tert-OH is 1. The van der Waals surface area contributed by atoms with Gasteiger partial charge in [0, 0.05) is 24.2 Å². The average Bonchev–Trinajstić information content (AvgIpc) is 2.68. The van der Waals surface area contributed by atoms with Gasteiger partial charge in [-0.15, -0.1) is 0 Å². The highest BCUT2D eigenvalue weighted by molar-refractivity contribution is 6.00. The molecule has 1 unspecified atom stereocenters. The van der Waals surface area contributed by atoms with Gasteiger partial charge in [-0.2, -0.15) is 0 Å². The largest absolute Gasteiger partial charge is 0.507 e. The maximum absolute atomic E-state index is 13.2. The molecule has 0 fully saturated rings. The first-order chi connectivity index (χ1) is 13.4. The van der Waals surface area contributed by atoms with Crippen LogP contribution in [0.4, 0.5) is 0 Å². The predicted octanol–water partition coefficient (Wildman–Crippen LogP) is 2.80. The van der Waals surface area contributed by atoms with E-state index in [4.69, 9.17) is 4.74 Å². The minimum absolute atomic E-state index is 0.0459. The van der Waals surface area contributed by atoms with Crippen molar-refractivity contribution in [3.63, 3.8) is 0 Å². The molecule has 2 aromatic rings. The number of rotatable bonds is 5. The standard InChI is InChI=1S/C22H25NO5/c1-4-28-22(27)20(25)18-14(3)17-16(13(2)19(18)24)10-11-23(21(17)26)12-15-8-6-5-7-9-15/h5-9,20,24-25H,4,10-12H2,1-3H3. The first kappa shape index (κ1) is 19.9. The molecule has 0 saturated heterocycles. The lowest BCUT2D eigenvalue weighted by atomic mass is 9.85. The highest BCUT2D eigenvalue weighted by Crippen LogP contribution is 2.39. The van der Waals surface area contributed by atoms with Crippen LogP contribution >= 0.6 is 0 Å². The first-order valence-electron chi connectivity index (χ1n) is 9.39. The van der Waals surface area contributed by atoms with Crippen molar-refractivity contribution in [1.82, 2.24) is 4.90 Å². The summed E-state index contributed by atoms with van der Waals surface area (Å²) in [6.45, 7) is 6.13. The van der Waals surface area contributed by atoms with Gasteiger partial charge < -0.3 is 19.8 Å². The van der Waals surface area contributed by atoms with Crippen molar-refractivity contribution in [2.24, 2.45) is 0 Å². The van der Waals surface area contributed by atoms with E-state index in [1.165, 1.54) is 0 Å². The number of aromatic hydroxyl groups is 1. The van der Waals surface area contributed by atoms with Gasteiger partial charge in [0.2, 0.25) is 0 Å². The molecule has 1 aliphatic heterocycles. The maximum Gasteiger partial charge on any atom is 0.339 e. The number of phenols is 1. The van der Waals surface area contributed by atoms with E-state index in [1.807, 2.05) is 30.3 Å². The summed E-state index contributed by atoms with van der Waals surface area (Å²) in [5, 5.41) is 21.1. The van der Waals surface area contributed by atoms with Crippen LogP contribution in [0.5, 0.6) is 5.75 Å². The second-order valence-electron chi connectivity index (χ2n) is 6.98. The quantitative estimate of drug-likeness (QED) is 0.776. The maximum atomic E-state index is 13.2. The van der Waals surface area contributed by atoms with E-state index in [0.29, 0.717) is 36.2 Å². The number of amides is 1. The third kappa shape index (κ3) is 3.47. The average molecular weight is 383 g/mol. The van der Waals surface area contributed by atoms with E-state index in [1.54, 1.807) is 25.7 Å². The van der Waals surface area contributed by atoms with Crippen LogP contribution < -0.4 is 0 Å². The van der Waals surface area contributed by atoms with E-state index in [-0.39, 0.29) is 23.8 Å². The van der Waals surface area contributed by atoms with Gasteiger partial charge in [-0.3, -0.25) is 4.79 Å². The fraction of sp³-hybridized carbons (Fsp3) is 0.364. The number of benzene rings is 2. The van der Waals surface area contributed by atoms with Crippen LogP contribution in [0.3, 0.4) is 0 Å². The molecule has 0 bridgehead atoms. The Balaban J connectivity index is 2.02. The smallest absolute Gasteiger partial charge is 0.339 e. The third-order valence-corrected chi connectivity index (χ3v) is 5.28. The monoisotopic (exact) mass is 383 g/mol. The Kier molecular flexibility index (Phi) is 5.70. The molecule has 28 heavy (non-hydrogen) atoms. The highest BCUT2D eigenvalue weighted by atomic mass is 16.5. The number of carbonyl (C=O) groups excluding carboxylic acids is 2. The SMILES string of the molecule is CCOC(=O)C(O)c1c(C)c2c(c(C)c1O)CCN(Cc1ccccc1)C2=O. The van der Waals surface area contributed by atoms with Crippen molar-refractivity contribution in [1.29, 1.82) is 0 Å². The molecule has 1 atom stereocenters. The fourth-order valence-corrected chi connectivity index (χ4v) is 3.81. The summed E-state index contributed by atoms with van der Waals surface area (Å²) in [6, 6.07) is 9.72. The Hall–Kier alpha value is -2.86. The van der Waals surface area contributed by atoms with Gasteiger partial charge in [-0.1, -0.05) is 30.3 Å². The van der Waals surface area contributed by atoms with E-state index in [9.17, 15) is 19.8 Å². The van der Waals surface area contributed by atoms with E-state index >= 15 is 0 Å². The number of aliphatic hydroxyl groups is 1. The molecule has 0 aliphatic carbocycles. The number of esters is 1. The number of nitrogens with zero attached hydrogens (tertiary/aromatic N) is 1. The predicted molar refractivity (Wildman–Crippen MR) is 104 cm³/mol. The molecule has 1 heterocycles. The van der Waals surface area contributed by atoms with Crippen molar-refractivity contribution >= 4 is 11.9 Å². The molecule has 1 amide bonds. The number of hydrogen-bond acceptors (Lipinski definition) is 5. The minimum Gasteiger partial charge on any atom is -0.507 e. The Labute approximate surface area is 164 Å². The molecule has 0 aromatic heterocycles. The van der Waals surface area contributed by atoms with Crippen LogP contribution in [-0.4, -0.2) is 40.1 Å². The highest BCUT2D eigenvalue weighted by Gasteiger charge is 2.34. The van der Waals surface area contributed by atoms with Crippen molar-refractivity contribution in [3.8, 4) is 5.75 Å². The summed E-state index contributed by atoms with van der Waals surface area (Å²) in [7, 11) is 0. The van der Waals surface area contributed by atoms with Gasteiger partial charge in [0.1, 0.15) is 5.75 Å². The molecule has 1 aliphatic rings. The summed E-state index contributed by atoms with van der Waals surface area (Å²) in [4.78, 5) is 27.0. The van der Waals surface area contributed by atoms with Gasteiger partial charge in [-0.25, -0.2) is 4.79 Å². The lowest BCUT2D eigenvalue weighted by molar-refractivity contribution is -0.153. The molecule has 2 N–H and O–H groups in total. The van der Waals surface area contributed by atoms with Crippen LogP contribution in [0.2, 0.25) is 0 Å². The molecule has 0 radical (unpaired) electrons. The normalized spacial score (nSPS) is 14.6. The molecule has 3 rings (SSSR count). The number of phenolic OH excluding ortho intramolecular Hbond substituents is 1. The van der Waals surface area contributed by atoms with Crippen LogP contribution in [0.15, 0.2) is 30.3 Å². The molecular formula is C22H25NO5. The topological polar surface area (TPSA) is 87.1 Å². The number of hydrogen-bond donors (Lipinski definition) is 2. The third-order valence-electron chi connectivity index (χ3n) is 5.28. The summed E-state index contributed by atoms with van der Waals surface area (Å²) in [6.07, 6.45) is -1.04. The van der Waals surface area contributed by atoms with Crippen LogP contribution in [0.1, 0.15) is 51.2 Å². The lowest BCUT2D eigenvalue weighted by Gasteiger charge is -2.32. The number of carbonyl (C=O) groups is 2. The minimum atomic E-state index is -1.64. The molecule has 148 valence electrons. The summed E-state index contributed by atoms with van der Waals surface area (Å²) >= 11 is 0. The summed E-state index contributed by atoms with van der Waals surface area (Å²) in [5.74, 6) is -1.16. The van der Waals surface area contributed by atoms with Crippen molar-refractivity contribution < 1.29 is 24.5 Å². The van der Waals surface area contributed by atoms with Crippen LogP contribution in [-0.2, 0) is 22.5 Å². The summed E-state index contributed by atoms with van der Waals surface area (Å²) in [5.41, 5.74) is 3.23. The Bertz CT molecular complexity index is 907. The van der Waals surface area contributed by atoms with E-state index in [0.717, 1.165) is 11.1 Å². The molecular weight excluding hydrogens is 358 g/mol. The van der Waals surface area contributed by atoms with Crippen molar-refractivity contribution in [2.45, 2.75) is 39.8 Å². The van der Waals surface area contributed by atoms with Crippen LogP contribution in [0.25, 0.3) is 0 Å². The van der Waals surface area contributed by atoms with E-state index in [2.05, 4.69) is 0 Å².